The van der Waals surface area contributed by atoms with Gasteiger partial charge in [0.1, 0.15) is 0 Å². The fourth-order valence-electron chi connectivity index (χ4n) is 3.65. The Morgan fingerprint density at radius 2 is 1.68 bits per heavy atom. The first-order valence-electron chi connectivity index (χ1n) is 11.0. The van der Waals surface area contributed by atoms with E-state index in [4.69, 9.17) is 0 Å². The molecule has 3 rings (SSSR count). The summed E-state index contributed by atoms with van der Waals surface area (Å²) in [5.74, 6) is 1.22. The fourth-order valence-corrected chi connectivity index (χ4v) is 4.30. The molecule has 0 aliphatic carbocycles. The van der Waals surface area contributed by atoms with Gasteiger partial charge in [0.25, 0.3) is 0 Å². The van der Waals surface area contributed by atoms with Crippen molar-refractivity contribution < 1.29 is 9.59 Å². The molecular weight excluding hydrogens is 406 g/mol. The van der Waals surface area contributed by atoms with Crippen molar-refractivity contribution in [2.24, 2.45) is 5.92 Å². The van der Waals surface area contributed by atoms with Crippen LogP contribution in [0.5, 0.6) is 0 Å². The van der Waals surface area contributed by atoms with Gasteiger partial charge in [0, 0.05) is 18.8 Å². The second-order valence-corrected chi connectivity index (χ2v) is 9.45. The van der Waals surface area contributed by atoms with Gasteiger partial charge < -0.3 is 10.6 Å². The number of likely N-dealkylation sites (tertiary alicyclic amines) is 1. The number of nitrogens with one attached hydrogen (secondary N) is 2. The van der Waals surface area contributed by atoms with Gasteiger partial charge >= 0.3 is 0 Å². The van der Waals surface area contributed by atoms with Crippen LogP contribution >= 0.6 is 11.8 Å². The Morgan fingerprint density at radius 1 is 1.00 bits per heavy atom. The first-order valence-corrected chi connectivity index (χ1v) is 12.1. The molecule has 166 valence electrons. The van der Waals surface area contributed by atoms with Crippen molar-refractivity contribution in [1.29, 1.82) is 0 Å². The second-order valence-electron chi connectivity index (χ2n) is 8.46. The van der Waals surface area contributed by atoms with Crippen LogP contribution in [0.3, 0.4) is 0 Å². The van der Waals surface area contributed by atoms with Gasteiger partial charge in [-0.25, -0.2) is 0 Å². The lowest BCUT2D eigenvalue weighted by atomic mass is 9.99. The third-order valence-corrected chi connectivity index (χ3v) is 6.50. The zero-order chi connectivity index (χ0) is 22.1. The van der Waals surface area contributed by atoms with E-state index < -0.39 is 0 Å². The fraction of sp³-hybridized carbons (Fsp3) is 0.440. The molecule has 0 spiro atoms. The number of carbonyl (C=O) groups is 2. The van der Waals surface area contributed by atoms with Gasteiger partial charge in [-0.15, -0.1) is 11.8 Å². The number of carbonyl (C=O) groups excluding carboxylic acids is 2. The highest BCUT2D eigenvalue weighted by Crippen LogP contribution is 2.18. The Hall–Kier alpha value is -2.31. The number of anilines is 1. The highest BCUT2D eigenvalue weighted by molar-refractivity contribution is 8.00. The minimum Gasteiger partial charge on any atom is -0.351 e. The van der Waals surface area contributed by atoms with Crippen molar-refractivity contribution in [2.75, 3.05) is 29.9 Å². The summed E-state index contributed by atoms with van der Waals surface area (Å²) in [6, 6.07) is 16.2. The van der Waals surface area contributed by atoms with Crippen LogP contribution in [-0.2, 0) is 22.7 Å². The maximum absolute atomic E-state index is 12.1. The van der Waals surface area contributed by atoms with Crippen LogP contribution in [0.2, 0.25) is 0 Å². The number of aryl methyl sites for hydroxylation is 1. The minimum atomic E-state index is -0.0952. The molecule has 0 aromatic heterocycles. The van der Waals surface area contributed by atoms with E-state index in [1.165, 1.54) is 43.3 Å². The highest BCUT2D eigenvalue weighted by Gasteiger charge is 2.15. The van der Waals surface area contributed by atoms with E-state index in [0.29, 0.717) is 6.54 Å². The van der Waals surface area contributed by atoms with Crippen molar-refractivity contribution >= 4 is 29.3 Å². The summed E-state index contributed by atoms with van der Waals surface area (Å²) in [6.45, 7) is 8.19. The van der Waals surface area contributed by atoms with E-state index in [2.05, 4.69) is 46.7 Å². The van der Waals surface area contributed by atoms with Crippen LogP contribution in [0.15, 0.2) is 48.5 Å². The number of hydrogen-bond donors (Lipinski definition) is 2. The Labute approximate surface area is 190 Å². The topological polar surface area (TPSA) is 61.4 Å². The monoisotopic (exact) mass is 439 g/mol. The van der Waals surface area contributed by atoms with Gasteiger partial charge in [-0.05, 0) is 67.6 Å². The van der Waals surface area contributed by atoms with Gasteiger partial charge in [0.2, 0.25) is 11.8 Å². The summed E-state index contributed by atoms with van der Waals surface area (Å²) >= 11 is 1.32. The molecule has 0 radical (unpaired) electrons. The van der Waals surface area contributed by atoms with Crippen molar-refractivity contribution in [3.05, 3.63) is 65.2 Å². The summed E-state index contributed by atoms with van der Waals surface area (Å²) in [5.41, 5.74) is 4.29. The molecule has 31 heavy (non-hydrogen) atoms. The van der Waals surface area contributed by atoms with Crippen LogP contribution < -0.4 is 10.6 Å². The molecule has 1 aliphatic heterocycles. The largest absolute Gasteiger partial charge is 0.351 e. The van der Waals surface area contributed by atoms with Gasteiger partial charge in [0.05, 0.1) is 11.5 Å². The SMILES string of the molecule is Cc1cccc(NC(=O)CSCC(=O)NCc2ccc(CN3CCC(C)CC3)cc2)c1. The van der Waals surface area contributed by atoms with Crippen molar-refractivity contribution in [3.8, 4) is 0 Å². The van der Waals surface area contributed by atoms with Crippen LogP contribution in [0.25, 0.3) is 0 Å². The zero-order valence-electron chi connectivity index (χ0n) is 18.5. The van der Waals surface area contributed by atoms with Crippen molar-refractivity contribution in [3.63, 3.8) is 0 Å². The van der Waals surface area contributed by atoms with Crippen LogP contribution in [0.1, 0.15) is 36.5 Å². The predicted molar refractivity (Wildman–Crippen MR) is 129 cm³/mol. The maximum atomic E-state index is 12.1. The molecule has 1 fully saturated rings. The third-order valence-electron chi connectivity index (χ3n) is 5.56. The average molecular weight is 440 g/mol. The number of hydrogen-bond acceptors (Lipinski definition) is 4. The van der Waals surface area contributed by atoms with Gasteiger partial charge in [-0.3, -0.25) is 14.5 Å². The predicted octanol–water partition coefficient (Wildman–Crippen LogP) is 4.22. The lowest BCUT2D eigenvalue weighted by molar-refractivity contribution is -0.118. The summed E-state index contributed by atoms with van der Waals surface area (Å²) in [4.78, 5) is 26.6. The standard InChI is InChI=1S/C25H33N3O2S/c1-19-10-12-28(13-11-19)16-22-8-6-21(7-9-22)15-26-24(29)17-31-18-25(30)27-23-5-3-4-20(2)14-23/h3-9,14,19H,10-13,15-18H2,1-2H3,(H,26,29)(H,27,30). The number of rotatable bonds is 9. The van der Waals surface area contributed by atoms with E-state index in [0.717, 1.165) is 29.3 Å². The first-order chi connectivity index (χ1) is 15.0. The van der Waals surface area contributed by atoms with E-state index in [9.17, 15) is 9.59 Å². The lowest BCUT2D eigenvalue weighted by Gasteiger charge is -2.30. The Kier molecular flexibility index (Phi) is 8.98. The van der Waals surface area contributed by atoms with Gasteiger partial charge in [-0.1, -0.05) is 43.3 Å². The normalized spacial score (nSPS) is 14.9. The second kappa shape index (κ2) is 11.9. The molecule has 0 atom stereocenters. The summed E-state index contributed by atoms with van der Waals surface area (Å²) < 4.78 is 0. The Bertz CT molecular complexity index is 861. The quantitative estimate of drug-likeness (QED) is 0.614. The Balaban J connectivity index is 1.31. The van der Waals surface area contributed by atoms with Gasteiger partial charge in [0.15, 0.2) is 0 Å². The molecule has 1 saturated heterocycles. The molecule has 0 unspecified atom stereocenters. The van der Waals surface area contributed by atoms with Crippen LogP contribution in [-0.4, -0.2) is 41.3 Å². The molecule has 5 nitrogen and oxygen atoms in total. The number of piperidine rings is 1. The molecular formula is C25H33N3O2S. The molecule has 2 amide bonds. The zero-order valence-corrected chi connectivity index (χ0v) is 19.3. The Morgan fingerprint density at radius 3 is 2.39 bits per heavy atom. The van der Waals surface area contributed by atoms with E-state index in [-0.39, 0.29) is 23.3 Å². The molecule has 0 saturated carbocycles. The summed E-state index contributed by atoms with van der Waals surface area (Å²) in [7, 11) is 0. The minimum absolute atomic E-state index is 0.0557. The average Bonchev–Trinajstić information content (AvgIpc) is 2.75. The van der Waals surface area contributed by atoms with Crippen LogP contribution in [0.4, 0.5) is 5.69 Å². The molecule has 1 heterocycles. The molecule has 6 heteroatoms. The molecule has 0 bridgehead atoms. The van der Waals surface area contributed by atoms with Gasteiger partial charge in [-0.2, -0.15) is 0 Å². The van der Waals surface area contributed by atoms with Crippen molar-refractivity contribution in [1.82, 2.24) is 10.2 Å². The van der Waals surface area contributed by atoms with Crippen LogP contribution in [0, 0.1) is 12.8 Å². The summed E-state index contributed by atoms with van der Waals surface area (Å²) in [5, 5.41) is 5.79. The molecule has 2 aromatic carbocycles. The number of nitrogens with zero attached hydrogens (tertiary/aromatic N) is 1. The number of thioether (sulfide) groups is 1. The third kappa shape index (κ3) is 8.38. The highest BCUT2D eigenvalue weighted by atomic mass is 32.2. The molecule has 2 N–H and O–H groups in total. The number of benzene rings is 2. The van der Waals surface area contributed by atoms with E-state index in [1.54, 1.807) is 0 Å². The lowest BCUT2D eigenvalue weighted by Crippen LogP contribution is -2.32. The summed E-state index contributed by atoms with van der Waals surface area (Å²) in [6.07, 6.45) is 2.57. The number of amides is 2. The maximum Gasteiger partial charge on any atom is 0.234 e. The smallest absolute Gasteiger partial charge is 0.234 e. The van der Waals surface area contributed by atoms with E-state index in [1.807, 2.05) is 31.2 Å². The molecule has 2 aromatic rings. The molecule has 1 aliphatic rings. The van der Waals surface area contributed by atoms with E-state index >= 15 is 0 Å². The van der Waals surface area contributed by atoms with Crippen molar-refractivity contribution in [2.45, 2.75) is 39.8 Å². The first kappa shape index (κ1) is 23.4.